The lowest BCUT2D eigenvalue weighted by atomic mass is 10.2. The van der Waals surface area contributed by atoms with Crippen LogP contribution in [-0.2, 0) is 11.3 Å². The van der Waals surface area contributed by atoms with Gasteiger partial charge in [0.2, 0.25) is 5.91 Å². The molecule has 1 atom stereocenters. The highest BCUT2D eigenvalue weighted by Crippen LogP contribution is 2.15. The maximum Gasteiger partial charge on any atom is 0.234 e. The van der Waals surface area contributed by atoms with E-state index in [0.29, 0.717) is 6.54 Å². The number of carbonyl (C=O) groups is 1. The van der Waals surface area contributed by atoms with Gasteiger partial charge in [0.1, 0.15) is 0 Å². The summed E-state index contributed by atoms with van der Waals surface area (Å²) in [5, 5.41) is 2.87. The minimum absolute atomic E-state index is 0.0354. The number of hydrogen-bond donors (Lipinski definition) is 1. The maximum atomic E-state index is 11.5. The van der Waals surface area contributed by atoms with Crippen LogP contribution < -0.4 is 5.32 Å². The van der Waals surface area contributed by atoms with Crippen LogP contribution in [0.3, 0.4) is 0 Å². The molecule has 1 unspecified atom stereocenters. The Kier molecular flexibility index (Phi) is 5.32. The van der Waals surface area contributed by atoms with E-state index in [4.69, 9.17) is 0 Å². The molecule has 0 aliphatic carbocycles. The minimum Gasteiger partial charge on any atom is -0.351 e. The molecule has 0 radical (unpaired) electrons. The van der Waals surface area contributed by atoms with Crippen LogP contribution in [0.5, 0.6) is 0 Å². The normalized spacial score (nSPS) is 12.2. The Bertz CT molecular complexity index is 341. The lowest BCUT2D eigenvalue weighted by Gasteiger charge is -2.09. The van der Waals surface area contributed by atoms with Gasteiger partial charge < -0.3 is 5.32 Å². The van der Waals surface area contributed by atoms with Crippen molar-refractivity contribution < 1.29 is 4.79 Å². The van der Waals surface area contributed by atoms with Gasteiger partial charge in [-0.2, -0.15) is 0 Å². The van der Waals surface area contributed by atoms with E-state index in [1.165, 1.54) is 0 Å². The molecule has 0 heterocycles. The number of alkyl halides is 1. The molecule has 1 amide bonds. The summed E-state index contributed by atoms with van der Waals surface area (Å²) < 4.78 is 1.02. The zero-order chi connectivity index (χ0) is 11.3. The number of nitrogens with one attached hydrogen (secondary N) is 1. The Balaban J connectivity index is 2.51. The molecule has 0 bridgehead atoms. The fourth-order valence-electron chi connectivity index (χ4n) is 1.12. The SMILES string of the molecule is CCC(Br)C(=O)NCc1ccccc1Br. The summed E-state index contributed by atoms with van der Waals surface area (Å²) in [6.07, 6.45) is 0.793. The number of benzene rings is 1. The van der Waals surface area contributed by atoms with Crippen LogP contribution in [-0.4, -0.2) is 10.7 Å². The van der Waals surface area contributed by atoms with E-state index >= 15 is 0 Å². The third-order valence-corrected chi connectivity index (χ3v) is 3.89. The summed E-state index contributed by atoms with van der Waals surface area (Å²) in [5.41, 5.74) is 1.08. The first kappa shape index (κ1) is 12.7. The van der Waals surface area contributed by atoms with Crippen LogP contribution in [0.1, 0.15) is 18.9 Å². The van der Waals surface area contributed by atoms with Crippen molar-refractivity contribution in [2.24, 2.45) is 0 Å². The second kappa shape index (κ2) is 6.28. The van der Waals surface area contributed by atoms with E-state index in [-0.39, 0.29) is 10.7 Å². The lowest BCUT2D eigenvalue weighted by Crippen LogP contribution is -2.30. The molecule has 0 fully saturated rings. The Hall–Kier alpha value is -0.350. The first-order valence-electron chi connectivity index (χ1n) is 4.80. The molecular formula is C11H13Br2NO. The van der Waals surface area contributed by atoms with E-state index in [1.807, 2.05) is 31.2 Å². The zero-order valence-corrected chi connectivity index (χ0v) is 11.6. The number of carbonyl (C=O) groups excluding carboxylic acids is 1. The van der Waals surface area contributed by atoms with E-state index in [0.717, 1.165) is 16.5 Å². The van der Waals surface area contributed by atoms with Crippen molar-refractivity contribution in [1.29, 1.82) is 0 Å². The van der Waals surface area contributed by atoms with E-state index < -0.39 is 0 Å². The Morgan fingerprint density at radius 2 is 2.13 bits per heavy atom. The first-order valence-corrected chi connectivity index (χ1v) is 6.51. The van der Waals surface area contributed by atoms with Gasteiger partial charge in [0.05, 0.1) is 4.83 Å². The molecule has 0 saturated carbocycles. The zero-order valence-electron chi connectivity index (χ0n) is 8.47. The Labute approximate surface area is 107 Å². The second-order valence-corrected chi connectivity index (χ2v) is 5.14. The predicted molar refractivity (Wildman–Crippen MR) is 69.0 cm³/mol. The fraction of sp³-hybridized carbons (Fsp3) is 0.364. The average Bonchev–Trinajstić information content (AvgIpc) is 2.26. The molecule has 0 aromatic heterocycles. The third kappa shape index (κ3) is 3.95. The Morgan fingerprint density at radius 3 is 2.73 bits per heavy atom. The highest BCUT2D eigenvalue weighted by Gasteiger charge is 2.11. The van der Waals surface area contributed by atoms with Crippen LogP contribution in [0.25, 0.3) is 0 Å². The van der Waals surface area contributed by atoms with Crippen LogP contribution >= 0.6 is 31.9 Å². The largest absolute Gasteiger partial charge is 0.351 e. The number of hydrogen-bond acceptors (Lipinski definition) is 1. The summed E-state index contributed by atoms with van der Waals surface area (Å²) in [6, 6.07) is 7.86. The maximum absolute atomic E-state index is 11.5. The van der Waals surface area contributed by atoms with Crippen LogP contribution in [0.15, 0.2) is 28.7 Å². The van der Waals surface area contributed by atoms with Crippen LogP contribution in [0.2, 0.25) is 0 Å². The predicted octanol–water partition coefficient (Wildman–Crippen LogP) is 3.24. The fourth-order valence-corrected chi connectivity index (χ4v) is 1.71. The molecule has 1 N–H and O–H groups in total. The van der Waals surface area contributed by atoms with Crippen LogP contribution in [0.4, 0.5) is 0 Å². The van der Waals surface area contributed by atoms with Gasteiger partial charge in [-0.1, -0.05) is 57.0 Å². The van der Waals surface area contributed by atoms with Gasteiger partial charge in [0, 0.05) is 11.0 Å². The van der Waals surface area contributed by atoms with Gasteiger partial charge in [-0.05, 0) is 18.1 Å². The highest BCUT2D eigenvalue weighted by molar-refractivity contribution is 9.10. The molecule has 0 spiro atoms. The van der Waals surface area contributed by atoms with Crippen molar-refractivity contribution in [3.8, 4) is 0 Å². The molecule has 1 aromatic carbocycles. The third-order valence-electron chi connectivity index (χ3n) is 2.05. The van der Waals surface area contributed by atoms with E-state index in [2.05, 4.69) is 37.2 Å². The van der Waals surface area contributed by atoms with Gasteiger partial charge in [-0.25, -0.2) is 0 Å². The quantitative estimate of drug-likeness (QED) is 0.841. The number of rotatable bonds is 4. The summed E-state index contributed by atoms with van der Waals surface area (Å²) in [4.78, 5) is 11.4. The van der Waals surface area contributed by atoms with Gasteiger partial charge in [-0.15, -0.1) is 0 Å². The standard InChI is InChI=1S/C11H13Br2NO/c1-2-9(12)11(15)14-7-8-5-3-4-6-10(8)13/h3-6,9H,2,7H2,1H3,(H,14,15). The van der Waals surface area contributed by atoms with Gasteiger partial charge in [-0.3, -0.25) is 4.79 Å². The molecule has 1 rings (SSSR count). The summed E-state index contributed by atoms with van der Waals surface area (Å²) in [7, 11) is 0. The molecule has 82 valence electrons. The smallest absolute Gasteiger partial charge is 0.234 e. The summed E-state index contributed by atoms with van der Waals surface area (Å²) in [6.45, 7) is 2.53. The molecule has 0 aliphatic heterocycles. The van der Waals surface area contributed by atoms with Gasteiger partial charge in [0.25, 0.3) is 0 Å². The molecule has 0 aliphatic rings. The highest BCUT2D eigenvalue weighted by atomic mass is 79.9. The van der Waals surface area contributed by atoms with Crippen molar-refractivity contribution in [2.45, 2.75) is 24.7 Å². The van der Waals surface area contributed by atoms with Crippen molar-refractivity contribution in [1.82, 2.24) is 5.32 Å². The Morgan fingerprint density at radius 1 is 1.47 bits per heavy atom. The number of halogens is 2. The van der Waals surface area contributed by atoms with Crippen LogP contribution in [0, 0.1) is 0 Å². The summed E-state index contributed by atoms with van der Waals surface area (Å²) >= 11 is 6.75. The molecule has 2 nitrogen and oxygen atoms in total. The number of amides is 1. The minimum atomic E-state index is -0.0972. The molecule has 0 saturated heterocycles. The van der Waals surface area contributed by atoms with Gasteiger partial charge >= 0.3 is 0 Å². The topological polar surface area (TPSA) is 29.1 Å². The van der Waals surface area contributed by atoms with E-state index in [1.54, 1.807) is 0 Å². The molecule has 15 heavy (non-hydrogen) atoms. The first-order chi connectivity index (χ1) is 7.15. The van der Waals surface area contributed by atoms with Crippen molar-refractivity contribution in [2.75, 3.05) is 0 Å². The summed E-state index contributed by atoms with van der Waals surface area (Å²) in [5.74, 6) is 0.0354. The van der Waals surface area contributed by atoms with Crippen molar-refractivity contribution in [3.05, 3.63) is 34.3 Å². The monoisotopic (exact) mass is 333 g/mol. The second-order valence-electron chi connectivity index (χ2n) is 3.18. The molecular weight excluding hydrogens is 322 g/mol. The lowest BCUT2D eigenvalue weighted by molar-refractivity contribution is -0.120. The molecule has 1 aromatic rings. The molecule has 4 heteroatoms. The van der Waals surface area contributed by atoms with E-state index in [9.17, 15) is 4.79 Å². The van der Waals surface area contributed by atoms with Crippen molar-refractivity contribution >= 4 is 37.8 Å². The van der Waals surface area contributed by atoms with Gasteiger partial charge in [0.15, 0.2) is 0 Å². The van der Waals surface area contributed by atoms with Crippen molar-refractivity contribution in [3.63, 3.8) is 0 Å². The average molecular weight is 335 g/mol.